The molecule has 1 amide bonds. The molecule has 4 nitrogen and oxygen atoms in total. The van der Waals surface area contributed by atoms with E-state index in [-0.39, 0.29) is 24.9 Å². The molecule has 3 N–H and O–H groups in total. The molecule has 0 aliphatic rings. The van der Waals surface area contributed by atoms with Crippen LogP contribution in [-0.4, -0.2) is 19.6 Å². The molecule has 0 bridgehead atoms. The molecule has 5 heteroatoms. The van der Waals surface area contributed by atoms with Gasteiger partial charge in [0, 0.05) is 30.6 Å². The third-order valence-corrected chi connectivity index (χ3v) is 2.51. The summed E-state index contributed by atoms with van der Waals surface area (Å²) in [6, 6.07) is 4.52. The smallest absolute Gasteiger partial charge is 0.224 e. The van der Waals surface area contributed by atoms with Crippen LogP contribution < -0.4 is 15.8 Å². The summed E-state index contributed by atoms with van der Waals surface area (Å²) >= 11 is 0. The van der Waals surface area contributed by atoms with Gasteiger partial charge in [0.15, 0.2) is 0 Å². The predicted molar refractivity (Wildman–Crippen MR) is 63.0 cm³/mol. The molecular formula is C12H17FN2O2. The average molecular weight is 240 g/mol. The predicted octanol–water partition coefficient (Wildman–Crippen LogP) is 1.05. The van der Waals surface area contributed by atoms with Crippen molar-refractivity contribution in [3.05, 3.63) is 29.6 Å². The molecule has 94 valence electrons. The Morgan fingerprint density at radius 1 is 1.59 bits per heavy atom. The van der Waals surface area contributed by atoms with Gasteiger partial charge in [0.05, 0.1) is 7.11 Å². The number of rotatable bonds is 5. The molecule has 0 fully saturated rings. The number of nitrogens with two attached hydrogens (primary N) is 1. The summed E-state index contributed by atoms with van der Waals surface area (Å²) in [5.74, 6) is -0.392. The molecule has 0 aliphatic heterocycles. The highest BCUT2D eigenvalue weighted by Gasteiger charge is 2.11. The minimum absolute atomic E-state index is 0.152. The fourth-order valence-electron chi connectivity index (χ4n) is 1.26. The van der Waals surface area contributed by atoms with Crippen molar-refractivity contribution in [1.82, 2.24) is 5.32 Å². The number of carbonyl (C=O) groups is 1. The summed E-state index contributed by atoms with van der Waals surface area (Å²) in [5.41, 5.74) is 5.78. The van der Waals surface area contributed by atoms with Crippen LogP contribution in [0.15, 0.2) is 18.2 Å². The highest BCUT2D eigenvalue weighted by molar-refractivity contribution is 5.78. The topological polar surface area (TPSA) is 64.3 Å². The van der Waals surface area contributed by atoms with Gasteiger partial charge in [-0.25, -0.2) is 4.39 Å². The number of methoxy groups -OCH3 is 1. The molecule has 0 heterocycles. The standard InChI is InChI=1S/C12H17FN2O2/c1-8(6-14)12(16)15-7-9-3-4-10(17-2)5-11(9)13/h3-5,8H,6-7,14H2,1-2H3,(H,15,16). The van der Waals surface area contributed by atoms with Gasteiger partial charge in [0.25, 0.3) is 0 Å². The van der Waals surface area contributed by atoms with E-state index in [0.717, 1.165) is 0 Å². The zero-order valence-electron chi connectivity index (χ0n) is 10.00. The van der Waals surface area contributed by atoms with E-state index in [1.807, 2.05) is 0 Å². The normalized spacial score (nSPS) is 12.0. The lowest BCUT2D eigenvalue weighted by atomic mass is 10.1. The van der Waals surface area contributed by atoms with Crippen LogP contribution in [0, 0.1) is 11.7 Å². The second kappa shape index (κ2) is 6.20. The van der Waals surface area contributed by atoms with Crippen molar-refractivity contribution in [3.63, 3.8) is 0 Å². The lowest BCUT2D eigenvalue weighted by Crippen LogP contribution is -2.32. The van der Waals surface area contributed by atoms with Crippen LogP contribution in [0.5, 0.6) is 5.75 Å². The van der Waals surface area contributed by atoms with E-state index in [1.165, 1.54) is 13.2 Å². The van der Waals surface area contributed by atoms with E-state index in [2.05, 4.69) is 5.32 Å². The number of benzene rings is 1. The molecular weight excluding hydrogens is 223 g/mol. The van der Waals surface area contributed by atoms with Gasteiger partial charge in [-0.3, -0.25) is 4.79 Å². The SMILES string of the molecule is COc1ccc(CNC(=O)C(C)CN)c(F)c1. The Morgan fingerprint density at radius 3 is 2.82 bits per heavy atom. The first-order valence-corrected chi connectivity index (χ1v) is 5.38. The van der Waals surface area contributed by atoms with Gasteiger partial charge in [0.2, 0.25) is 5.91 Å². The molecule has 1 aromatic carbocycles. The summed E-state index contributed by atoms with van der Waals surface area (Å²) in [6.45, 7) is 2.15. The first kappa shape index (κ1) is 13.4. The second-order valence-electron chi connectivity index (χ2n) is 3.81. The quantitative estimate of drug-likeness (QED) is 0.808. The van der Waals surface area contributed by atoms with Gasteiger partial charge in [-0.15, -0.1) is 0 Å². The Bertz CT molecular complexity index is 396. The molecule has 0 spiro atoms. The number of hydrogen-bond donors (Lipinski definition) is 2. The lowest BCUT2D eigenvalue weighted by Gasteiger charge is -2.10. The zero-order valence-corrected chi connectivity index (χ0v) is 10.00. The average Bonchev–Trinajstić information content (AvgIpc) is 2.35. The molecule has 0 aliphatic carbocycles. The van der Waals surface area contributed by atoms with Gasteiger partial charge >= 0.3 is 0 Å². The first-order chi connectivity index (χ1) is 8.08. The third-order valence-electron chi connectivity index (χ3n) is 2.51. The minimum Gasteiger partial charge on any atom is -0.497 e. The second-order valence-corrected chi connectivity index (χ2v) is 3.81. The van der Waals surface area contributed by atoms with Crippen molar-refractivity contribution < 1.29 is 13.9 Å². The van der Waals surface area contributed by atoms with Crippen LogP contribution in [-0.2, 0) is 11.3 Å². The van der Waals surface area contributed by atoms with E-state index in [9.17, 15) is 9.18 Å². The summed E-state index contributed by atoms with van der Waals surface area (Å²) in [4.78, 5) is 11.4. The molecule has 0 saturated carbocycles. The number of amides is 1. The molecule has 1 unspecified atom stereocenters. The molecule has 1 atom stereocenters. The third kappa shape index (κ3) is 3.71. The van der Waals surface area contributed by atoms with Gasteiger partial charge in [-0.2, -0.15) is 0 Å². The summed E-state index contributed by atoms with van der Waals surface area (Å²) in [5, 5.41) is 2.63. The van der Waals surface area contributed by atoms with Gasteiger partial charge in [-0.05, 0) is 6.07 Å². The van der Waals surface area contributed by atoms with Gasteiger partial charge in [0.1, 0.15) is 11.6 Å². The van der Waals surface area contributed by atoms with Crippen molar-refractivity contribution in [3.8, 4) is 5.75 Å². The van der Waals surface area contributed by atoms with Crippen LogP contribution in [0.1, 0.15) is 12.5 Å². The maximum atomic E-state index is 13.5. The van der Waals surface area contributed by atoms with Crippen molar-refractivity contribution in [2.75, 3.05) is 13.7 Å². The van der Waals surface area contributed by atoms with E-state index < -0.39 is 5.82 Å². The summed E-state index contributed by atoms with van der Waals surface area (Å²) < 4.78 is 18.4. The van der Waals surface area contributed by atoms with Crippen molar-refractivity contribution in [2.45, 2.75) is 13.5 Å². The van der Waals surface area contributed by atoms with Gasteiger partial charge < -0.3 is 15.8 Å². The highest BCUT2D eigenvalue weighted by Crippen LogP contribution is 2.16. The van der Waals surface area contributed by atoms with Crippen LogP contribution in [0.25, 0.3) is 0 Å². The number of ether oxygens (including phenoxy) is 1. The van der Waals surface area contributed by atoms with E-state index >= 15 is 0 Å². The molecule has 0 radical (unpaired) electrons. The number of halogens is 1. The molecule has 1 aromatic rings. The molecule has 17 heavy (non-hydrogen) atoms. The van der Waals surface area contributed by atoms with Crippen LogP contribution in [0.3, 0.4) is 0 Å². The minimum atomic E-state index is -0.398. The number of nitrogens with one attached hydrogen (secondary N) is 1. The first-order valence-electron chi connectivity index (χ1n) is 5.38. The maximum absolute atomic E-state index is 13.5. The van der Waals surface area contributed by atoms with Crippen molar-refractivity contribution in [2.24, 2.45) is 11.7 Å². The Hall–Kier alpha value is -1.62. The highest BCUT2D eigenvalue weighted by atomic mass is 19.1. The Balaban J connectivity index is 2.61. The van der Waals surface area contributed by atoms with Gasteiger partial charge in [-0.1, -0.05) is 13.0 Å². The molecule has 0 saturated heterocycles. The Morgan fingerprint density at radius 2 is 2.29 bits per heavy atom. The van der Waals surface area contributed by atoms with E-state index in [0.29, 0.717) is 11.3 Å². The Kier molecular flexibility index (Phi) is 4.90. The fourth-order valence-corrected chi connectivity index (χ4v) is 1.26. The van der Waals surface area contributed by atoms with Crippen LogP contribution in [0.2, 0.25) is 0 Å². The van der Waals surface area contributed by atoms with E-state index in [4.69, 9.17) is 10.5 Å². The van der Waals surface area contributed by atoms with Crippen molar-refractivity contribution in [1.29, 1.82) is 0 Å². The summed E-state index contributed by atoms with van der Waals surface area (Å²) in [6.07, 6.45) is 0. The monoisotopic (exact) mass is 240 g/mol. The fraction of sp³-hybridized carbons (Fsp3) is 0.417. The maximum Gasteiger partial charge on any atom is 0.224 e. The van der Waals surface area contributed by atoms with Crippen molar-refractivity contribution >= 4 is 5.91 Å². The lowest BCUT2D eigenvalue weighted by molar-refractivity contribution is -0.124. The zero-order chi connectivity index (χ0) is 12.8. The molecule has 1 rings (SSSR count). The van der Waals surface area contributed by atoms with Crippen LogP contribution in [0.4, 0.5) is 4.39 Å². The number of hydrogen-bond acceptors (Lipinski definition) is 3. The Labute approximate surface area is 100.0 Å². The van der Waals surface area contributed by atoms with E-state index in [1.54, 1.807) is 19.1 Å². The number of carbonyl (C=O) groups excluding carboxylic acids is 1. The van der Waals surface area contributed by atoms with Crippen LogP contribution >= 0.6 is 0 Å². The molecule has 0 aromatic heterocycles. The largest absolute Gasteiger partial charge is 0.497 e. The summed E-state index contributed by atoms with van der Waals surface area (Å²) in [7, 11) is 1.47.